The zero-order valence-electron chi connectivity index (χ0n) is 9.88. The molecular weight excluding hydrogens is 364 g/mol. The van der Waals surface area contributed by atoms with Crippen molar-refractivity contribution in [3.05, 3.63) is 20.1 Å². The van der Waals surface area contributed by atoms with Gasteiger partial charge in [0.1, 0.15) is 23.3 Å². The van der Waals surface area contributed by atoms with E-state index in [1.807, 2.05) is 26.0 Å². The normalized spacial score (nSPS) is 9.44. The van der Waals surface area contributed by atoms with Gasteiger partial charge in [0.2, 0.25) is 0 Å². The van der Waals surface area contributed by atoms with Crippen LogP contribution in [0.3, 0.4) is 0 Å². The van der Waals surface area contributed by atoms with Gasteiger partial charge < -0.3 is 9.47 Å². The van der Waals surface area contributed by atoms with Crippen LogP contribution in [-0.4, -0.2) is 13.2 Å². The zero-order chi connectivity index (χ0) is 13.7. The average Bonchev–Trinajstić information content (AvgIpc) is 2.38. The van der Waals surface area contributed by atoms with Crippen molar-refractivity contribution >= 4 is 31.9 Å². The molecule has 0 unspecified atom stereocenters. The molecular formula is C12H10Br2N2O2. The Morgan fingerprint density at radius 1 is 0.889 bits per heavy atom. The van der Waals surface area contributed by atoms with Gasteiger partial charge in [-0.15, -0.1) is 0 Å². The van der Waals surface area contributed by atoms with Crippen molar-refractivity contribution < 1.29 is 9.47 Å². The third-order valence-corrected chi connectivity index (χ3v) is 4.14. The Hall–Kier alpha value is -1.24. The highest BCUT2D eigenvalue weighted by Gasteiger charge is 2.23. The summed E-state index contributed by atoms with van der Waals surface area (Å²) in [7, 11) is 0. The number of hydrogen-bond donors (Lipinski definition) is 0. The second-order valence-corrected chi connectivity index (χ2v) is 4.71. The van der Waals surface area contributed by atoms with E-state index in [1.165, 1.54) is 0 Å². The molecule has 0 bridgehead atoms. The minimum atomic E-state index is 0.179. The lowest BCUT2D eigenvalue weighted by Crippen LogP contribution is -2.03. The van der Waals surface area contributed by atoms with Gasteiger partial charge in [-0.05, 0) is 45.7 Å². The van der Waals surface area contributed by atoms with Crippen LogP contribution in [0, 0.1) is 22.7 Å². The number of rotatable bonds is 4. The molecule has 0 aromatic heterocycles. The highest BCUT2D eigenvalue weighted by atomic mass is 79.9. The number of benzene rings is 1. The van der Waals surface area contributed by atoms with Crippen LogP contribution in [0.5, 0.6) is 11.5 Å². The van der Waals surface area contributed by atoms with Crippen molar-refractivity contribution in [1.82, 2.24) is 0 Å². The minimum Gasteiger partial charge on any atom is -0.491 e. The van der Waals surface area contributed by atoms with Gasteiger partial charge in [-0.3, -0.25) is 0 Å². The summed E-state index contributed by atoms with van der Waals surface area (Å²) in [4.78, 5) is 0. The molecule has 0 fully saturated rings. The number of nitrogens with zero attached hydrogens (tertiary/aromatic N) is 2. The van der Waals surface area contributed by atoms with Gasteiger partial charge in [-0.2, -0.15) is 10.5 Å². The fourth-order valence-electron chi connectivity index (χ4n) is 1.42. The summed E-state index contributed by atoms with van der Waals surface area (Å²) in [5.41, 5.74) is 0.357. The largest absolute Gasteiger partial charge is 0.491 e. The molecule has 1 aromatic rings. The Bertz CT molecular complexity index is 496. The highest BCUT2D eigenvalue weighted by molar-refractivity contribution is 9.13. The quantitative estimate of drug-likeness (QED) is 0.805. The first-order valence-electron chi connectivity index (χ1n) is 5.22. The van der Waals surface area contributed by atoms with Gasteiger partial charge in [0.05, 0.1) is 22.2 Å². The molecule has 0 saturated carbocycles. The van der Waals surface area contributed by atoms with E-state index in [9.17, 15) is 10.5 Å². The molecule has 0 aliphatic heterocycles. The summed E-state index contributed by atoms with van der Waals surface area (Å²) >= 11 is 6.69. The molecule has 0 aliphatic rings. The van der Waals surface area contributed by atoms with Gasteiger partial charge in [-0.1, -0.05) is 0 Å². The fourth-order valence-corrected chi connectivity index (χ4v) is 2.40. The molecule has 0 heterocycles. The molecule has 4 nitrogen and oxygen atoms in total. The predicted octanol–water partition coefficient (Wildman–Crippen LogP) is 3.75. The van der Waals surface area contributed by atoms with Crippen LogP contribution < -0.4 is 9.47 Å². The summed E-state index contributed by atoms with van der Waals surface area (Å²) in [6.07, 6.45) is 0. The van der Waals surface area contributed by atoms with Crippen molar-refractivity contribution in [2.24, 2.45) is 0 Å². The Labute approximate surface area is 122 Å². The first kappa shape index (κ1) is 14.8. The maximum atomic E-state index is 9.19. The van der Waals surface area contributed by atoms with Gasteiger partial charge >= 0.3 is 0 Å². The number of nitriles is 2. The molecule has 0 spiro atoms. The van der Waals surface area contributed by atoms with E-state index in [2.05, 4.69) is 31.9 Å². The van der Waals surface area contributed by atoms with Crippen LogP contribution in [-0.2, 0) is 0 Å². The monoisotopic (exact) mass is 372 g/mol. The SMILES string of the molecule is CCOc1c(Br)c(Br)c(OCC)c(C#N)c1C#N. The molecule has 0 radical (unpaired) electrons. The first-order chi connectivity index (χ1) is 8.62. The molecule has 0 saturated heterocycles. The standard InChI is InChI=1S/C12H10Br2N2O2/c1-3-17-11-7(5-15)8(6-16)12(18-4-2)10(14)9(11)13/h3-4H2,1-2H3. The maximum Gasteiger partial charge on any atom is 0.153 e. The first-order valence-corrected chi connectivity index (χ1v) is 6.81. The lowest BCUT2D eigenvalue weighted by Gasteiger charge is -2.15. The van der Waals surface area contributed by atoms with Gasteiger partial charge in [0, 0.05) is 0 Å². The van der Waals surface area contributed by atoms with E-state index in [1.54, 1.807) is 0 Å². The predicted molar refractivity (Wildman–Crippen MR) is 73.6 cm³/mol. The van der Waals surface area contributed by atoms with Crippen LogP contribution in [0.4, 0.5) is 0 Å². The Morgan fingerprint density at radius 3 is 1.44 bits per heavy atom. The molecule has 0 amide bonds. The average molecular weight is 374 g/mol. The second kappa shape index (κ2) is 6.63. The number of halogens is 2. The van der Waals surface area contributed by atoms with Crippen molar-refractivity contribution in [3.8, 4) is 23.6 Å². The summed E-state index contributed by atoms with van der Waals surface area (Å²) in [6.45, 7) is 4.42. The van der Waals surface area contributed by atoms with Gasteiger partial charge in [0.15, 0.2) is 11.5 Å². The van der Waals surface area contributed by atoms with E-state index in [4.69, 9.17) is 9.47 Å². The maximum absolute atomic E-state index is 9.19. The van der Waals surface area contributed by atoms with Crippen LogP contribution in [0.15, 0.2) is 8.95 Å². The smallest absolute Gasteiger partial charge is 0.153 e. The summed E-state index contributed by atoms with van der Waals surface area (Å²) in [6, 6.07) is 3.98. The van der Waals surface area contributed by atoms with Gasteiger partial charge in [0.25, 0.3) is 0 Å². The van der Waals surface area contributed by atoms with Crippen molar-refractivity contribution in [2.45, 2.75) is 13.8 Å². The Kier molecular flexibility index (Phi) is 5.46. The molecule has 1 rings (SSSR count). The summed E-state index contributed by atoms with van der Waals surface area (Å²) < 4.78 is 12.0. The van der Waals surface area contributed by atoms with Crippen LogP contribution in [0.1, 0.15) is 25.0 Å². The lowest BCUT2D eigenvalue weighted by molar-refractivity contribution is 0.325. The number of ether oxygens (including phenoxy) is 2. The molecule has 6 heteroatoms. The molecule has 0 N–H and O–H groups in total. The van der Waals surface area contributed by atoms with E-state index in [0.29, 0.717) is 33.7 Å². The minimum absolute atomic E-state index is 0.179. The van der Waals surface area contributed by atoms with Crippen molar-refractivity contribution in [2.75, 3.05) is 13.2 Å². The Morgan fingerprint density at radius 2 is 1.22 bits per heavy atom. The van der Waals surface area contributed by atoms with E-state index in [0.717, 1.165) is 0 Å². The lowest BCUT2D eigenvalue weighted by atomic mass is 10.1. The van der Waals surface area contributed by atoms with E-state index >= 15 is 0 Å². The zero-order valence-corrected chi connectivity index (χ0v) is 13.1. The summed E-state index contributed by atoms with van der Waals surface area (Å²) in [5, 5.41) is 18.4. The highest BCUT2D eigenvalue weighted by Crippen LogP contribution is 2.45. The van der Waals surface area contributed by atoms with E-state index < -0.39 is 0 Å². The second-order valence-electron chi connectivity index (χ2n) is 3.13. The van der Waals surface area contributed by atoms with Crippen LogP contribution >= 0.6 is 31.9 Å². The van der Waals surface area contributed by atoms with Crippen LogP contribution in [0.2, 0.25) is 0 Å². The van der Waals surface area contributed by atoms with Crippen LogP contribution in [0.25, 0.3) is 0 Å². The number of hydrogen-bond acceptors (Lipinski definition) is 4. The topological polar surface area (TPSA) is 66.0 Å². The third kappa shape index (κ3) is 2.60. The Balaban J connectivity index is 3.66. The van der Waals surface area contributed by atoms with Crippen molar-refractivity contribution in [3.63, 3.8) is 0 Å². The van der Waals surface area contributed by atoms with E-state index in [-0.39, 0.29) is 11.1 Å². The van der Waals surface area contributed by atoms with Crippen molar-refractivity contribution in [1.29, 1.82) is 10.5 Å². The molecule has 0 atom stereocenters. The fraction of sp³-hybridized carbons (Fsp3) is 0.333. The third-order valence-electron chi connectivity index (χ3n) is 2.10. The summed E-state index contributed by atoms with van der Waals surface area (Å²) in [5.74, 6) is 0.707. The molecule has 18 heavy (non-hydrogen) atoms. The molecule has 94 valence electrons. The molecule has 1 aromatic carbocycles. The molecule has 0 aliphatic carbocycles. The van der Waals surface area contributed by atoms with Gasteiger partial charge in [-0.25, -0.2) is 0 Å².